The Labute approximate surface area is 118 Å². The Kier molecular flexibility index (Phi) is 4.93. The van der Waals surface area contributed by atoms with Crippen LogP contribution >= 0.6 is 11.3 Å². The Bertz CT molecular complexity index is 524. The van der Waals surface area contributed by atoms with Gasteiger partial charge in [0.2, 0.25) is 0 Å². The van der Waals surface area contributed by atoms with Crippen LogP contribution in [0.15, 0.2) is 29.6 Å². The van der Waals surface area contributed by atoms with Gasteiger partial charge in [0, 0.05) is 29.1 Å². The van der Waals surface area contributed by atoms with Crippen molar-refractivity contribution >= 4 is 11.3 Å². The molecule has 19 heavy (non-hydrogen) atoms. The molecule has 0 spiro atoms. The number of nitrogens with two attached hydrogens (primary N) is 1. The van der Waals surface area contributed by atoms with Gasteiger partial charge in [-0.25, -0.2) is 4.98 Å². The maximum atomic E-state index is 6.30. The van der Waals surface area contributed by atoms with Crippen LogP contribution in [0, 0.1) is 6.92 Å². The minimum absolute atomic E-state index is 0.0707. The minimum atomic E-state index is -0.0707. The third-order valence-corrected chi connectivity index (χ3v) is 3.83. The summed E-state index contributed by atoms with van der Waals surface area (Å²) < 4.78 is 5.75. The highest BCUT2D eigenvalue weighted by atomic mass is 32.1. The number of aryl methyl sites for hydroxylation is 1. The fourth-order valence-corrected chi connectivity index (χ4v) is 2.76. The van der Waals surface area contributed by atoms with Crippen molar-refractivity contribution in [2.24, 2.45) is 5.73 Å². The third-order valence-electron chi connectivity index (χ3n) is 2.84. The van der Waals surface area contributed by atoms with E-state index in [-0.39, 0.29) is 6.04 Å². The van der Waals surface area contributed by atoms with Gasteiger partial charge in [-0.15, -0.1) is 11.3 Å². The van der Waals surface area contributed by atoms with E-state index in [2.05, 4.69) is 17.3 Å². The van der Waals surface area contributed by atoms with Gasteiger partial charge >= 0.3 is 0 Å². The van der Waals surface area contributed by atoms with E-state index >= 15 is 0 Å². The fourth-order valence-electron chi connectivity index (χ4n) is 1.92. The number of benzene rings is 1. The van der Waals surface area contributed by atoms with Crippen molar-refractivity contribution < 1.29 is 4.74 Å². The van der Waals surface area contributed by atoms with Crippen molar-refractivity contribution in [3.63, 3.8) is 0 Å². The number of hydrogen-bond donors (Lipinski definition) is 1. The SMILES string of the molecule is CCCOc1ccccc1C(N)Cc1nc(C)cs1. The number of nitrogens with zero attached hydrogens (tertiary/aromatic N) is 1. The molecule has 102 valence electrons. The molecule has 0 aliphatic rings. The average molecular weight is 276 g/mol. The van der Waals surface area contributed by atoms with Crippen LogP contribution in [0.2, 0.25) is 0 Å². The summed E-state index contributed by atoms with van der Waals surface area (Å²) >= 11 is 1.66. The number of para-hydroxylation sites is 1. The zero-order chi connectivity index (χ0) is 13.7. The molecule has 2 aromatic rings. The summed E-state index contributed by atoms with van der Waals surface area (Å²) in [7, 11) is 0. The number of rotatable bonds is 6. The van der Waals surface area contributed by atoms with E-state index in [0.29, 0.717) is 0 Å². The molecule has 1 aromatic carbocycles. The second kappa shape index (κ2) is 6.68. The van der Waals surface area contributed by atoms with E-state index in [0.717, 1.165) is 41.5 Å². The van der Waals surface area contributed by atoms with E-state index in [9.17, 15) is 0 Å². The molecule has 1 atom stereocenters. The third kappa shape index (κ3) is 3.78. The summed E-state index contributed by atoms with van der Waals surface area (Å²) in [5, 5.41) is 3.14. The molecule has 0 fully saturated rings. The topological polar surface area (TPSA) is 48.1 Å². The molecular weight excluding hydrogens is 256 g/mol. The molecular formula is C15H20N2OS. The summed E-state index contributed by atoms with van der Waals surface area (Å²) in [6.07, 6.45) is 1.75. The maximum absolute atomic E-state index is 6.30. The van der Waals surface area contributed by atoms with Gasteiger partial charge in [-0.3, -0.25) is 0 Å². The Morgan fingerprint density at radius 1 is 1.37 bits per heavy atom. The summed E-state index contributed by atoms with van der Waals surface area (Å²) in [5.74, 6) is 0.894. The van der Waals surface area contributed by atoms with Gasteiger partial charge in [0.15, 0.2) is 0 Å². The molecule has 0 saturated heterocycles. The Balaban J connectivity index is 2.11. The van der Waals surface area contributed by atoms with Crippen LogP contribution in [0.4, 0.5) is 0 Å². The lowest BCUT2D eigenvalue weighted by Gasteiger charge is -2.15. The van der Waals surface area contributed by atoms with Crippen LogP contribution in [-0.4, -0.2) is 11.6 Å². The highest BCUT2D eigenvalue weighted by molar-refractivity contribution is 7.09. The Morgan fingerprint density at radius 3 is 2.84 bits per heavy atom. The highest BCUT2D eigenvalue weighted by Crippen LogP contribution is 2.27. The van der Waals surface area contributed by atoms with Crippen LogP contribution < -0.4 is 10.5 Å². The predicted octanol–water partition coefficient (Wildman–Crippen LogP) is 3.48. The van der Waals surface area contributed by atoms with Gasteiger partial charge in [-0.1, -0.05) is 25.1 Å². The number of thiazole rings is 1. The summed E-state index contributed by atoms with van der Waals surface area (Å²) in [6, 6.07) is 7.93. The van der Waals surface area contributed by atoms with Gasteiger partial charge in [-0.05, 0) is 19.4 Å². The Morgan fingerprint density at radius 2 is 2.16 bits per heavy atom. The molecule has 1 aromatic heterocycles. The van der Waals surface area contributed by atoms with Crippen molar-refractivity contribution in [1.29, 1.82) is 0 Å². The van der Waals surface area contributed by atoms with E-state index in [1.54, 1.807) is 11.3 Å². The summed E-state index contributed by atoms with van der Waals surface area (Å²) in [5.41, 5.74) is 8.41. The van der Waals surface area contributed by atoms with Crippen LogP contribution in [0.5, 0.6) is 5.75 Å². The van der Waals surface area contributed by atoms with Crippen LogP contribution in [0.3, 0.4) is 0 Å². The lowest BCUT2D eigenvalue weighted by Crippen LogP contribution is -2.15. The molecule has 0 saturated carbocycles. The highest BCUT2D eigenvalue weighted by Gasteiger charge is 2.14. The zero-order valence-corrected chi connectivity index (χ0v) is 12.2. The molecule has 0 aliphatic carbocycles. The first kappa shape index (κ1) is 14.0. The summed E-state index contributed by atoms with van der Waals surface area (Å²) in [6.45, 7) is 4.82. The lowest BCUT2D eigenvalue weighted by molar-refractivity contribution is 0.312. The van der Waals surface area contributed by atoms with Crippen molar-refractivity contribution in [1.82, 2.24) is 4.98 Å². The second-order valence-corrected chi connectivity index (χ2v) is 5.52. The van der Waals surface area contributed by atoms with E-state index in [1.807, 2.05) is 31.2 Å². The number of aromatic nitrogens is 1. The molecule has 0 amide bonds. The number of hydrogen-bond acceptors (Lipinski definition) is 4. The van der Waals surface area contributed by atoms with Crippen LogP contribution in [0.1, 0.15) is 35.7 Å². The van der Waals surface area contributed by atoms with Gasteiger partial charge in [-0.2, -0.15) is 0 Å². The fraction of sp³-hybridized carbons (Fsp3) is 0.400. The average Bonchev–Trinajstić information content (AvgIpc) is 2.82. The molecule has 0 aliphatic heterocycles. The first-order valence-corrected chi connectivity index (χ1v) is 7.47. The van der Waals surface area contributed by atoms with Gasteiger partial charge in [0.05, 0.1) is 11.6 Å². The molecule has 0 radical (unpaired) electrons. The standard InChI is InChI=1S/C15H20N2OS/c1-3-8-18-14-7-5-4-6-12(14)13(16)9-15-17-11(2)10-19-15/h4-7,10,13H,3,8-9,16H2,1-2H3. The van der Waals surface area contributed by atoms with Crippen LogP contribution in [0.25, 0.3) is 0 Å². The predicted molar refractivity (Wildman–Crippen MR) is 79.7 cm³/mol. The van der Waals surface area contributed by atoms with E-state index < -0.39 is 0 Å². The van der Waals surface area contributed by atoms with E-state index in [4.69, 9.17) is 10.5 Å². The van der Waals surface area contributed by atoms with Crippen molar-refractivity contribution in [2.45, 2.75) is 32.7 Å². The summed E-state index contributed by atoms with van der Waals surface area (Å²) in [4.78, 5) is 4.47. The molecule has 2 N–H and O–H groups in total. The minimum Gasteiger partial charge on any atom is -0.493 e. The lowest BCUT2D eigenvalue weighted by atomic mass is 10.0. The zero-order valence-electron chi connectivity index (χ0n) is 11.4. The van der Waals surface area contributed by atoms with Crippen molar-refractivity contribution in [3.05, 3.63) is 45.9 Å². The smallest absolute Gasteiger partial charge is 0.124 e. The Hall–Kier alpha value is -1.39. The molecule has 3 nitrogen and oxygen atoms in total. The van der Waals surface area contributed by atoms with Crippen LogP contribution in [-0.2, 0) is 6.42 Å². The quantitative estimate of drug-likeness (QED) is 0.878. The first-order chi connectivity index (χ1) is 9.20. The second-order valence-electron chi connectivity index (χ2n) is 4.58. The molecule has 4 heteroatoms. The van der Waals surface area contributed by atoms with E-state index in [1.165, 1.54) is 0 Å². The normalized spacial score (nSPS) is 12.4. The van der Waals surface area contributed by atoms with Gasteiger partial charge in [0.1, 0.15) is 5.75 Å². The maximum Gasteiger partial charge on any atom is 0.124 e. The van der Waals surface area contributed by atoms with Crippen molar-refractivity contribution in [3.8, 4) is 5.75 Å². The molecule has 2 rings (SSSR count). The monoisotopic (exact) mass is 276 g/mol. The van der Waals surface area contributed by atoms with Crippen molar-refractivity contribution in [2.75, 3.05) is 6.61 Å². The van der Waals surface area contributed by atoms with Gasteiger partial charge in [0.25, 0.3) is 0 Å². The number of ether oxygens (including phenoxy) is 1. The van der Waals surface area contributed by atoms with Gasteiger partial charge < -0.3 is 10.5 Å². The first-order valence-electron chi connectivity index (χ1n) is 6.59. The largest absolute Gasteiger partial charge is 0.493 e. The molecule has 1 unspecified atom stereocenters. The molecule has 1 heterocycles. The molecule has 0 bridgehead atoms.